The van der Waals surface area contributed by atoms with Gasteiger partial charge < -0.3 is 11.5 Å². The molecule has 58 valence electrons. The lowest BCUT2D eigenvalue weighted by Crippen LogP contribution is -2.19. The van der Waals surface area contributed by atoms with Gasteiger partial charge in [-0.25, -0.2) is 0 Å². The fourth-order valence-corrected chi connectivity index (χ4v) is 0.575. The minimum Gasteiger partial charge on any atom is -0.401 e. The molecule has 0 aliphatic carbocycles. The van der Waals surface area contributed by atoms with Gasteiger partial charge in [-0.2, -0.15) is 0 Å². The first-order valence-electron chi connectivity index (χ1n) is 3.22. The van der Waals surface area contributed by atoms with Crippen molar-refractivity contribution >= 4 is 5.91 Å². The Hall–Kier alpha value is -0.990. The molecule has 0 radical (unpaired) electrons. The van der Waals surface area contributed by atoms with Crippen molar-refractivity contribution in [3.05, 3.63) is 11.3 Å². The Morgan fingerprint density at radius 2 is 1.70 bits per heavy atom. The molecule has 0 aromatic heterocycles. The summed E-state index contributed by atoms with van der Waals surface area (Å²) in [6, 6.07) is 0. The van der Waals surface area contributed by atoms with Crippen LogP contribution >= 0.6 is 0 Å². The molecule has 0 saturated carbocycles. The van der Waals surface area contributed by atoms with Gasteiger partial charge in [-0.15, -0.1) is 0 Å². The third-order valence-electron chi connectivity index (χ3n) is 1.42. The smallest absolute Gasteiger partial charge is 0.246 e. The van der Waals surface area contributed by atoms with Crippen LogP contribution in [0.5, 0.6) is 0 Å². The van der Waals surface area contributed by atoms with Crippen molar-refractivity contribution in [2.45, 2.75) is 20.8 Å². The van der Waals surface area contributed by atoms with Crippen molar-refractivity contribution in [3.8, 4) is 0 Å². The van der Waals surface area contributed by atoms with E-state index < -0.39 is 5.91 Å². The SMILES string of the molecule is C/C(C(N)=O)=C(\N)C(C)C. The minimum atomic E-state index is -0.439. The van der Waals surface area contributed by atoms with Crippen molar-refractivity contribution in [1.29, 1.82) is 0 Å². The van der Waals surface area contributed by atoms with Gasteiger partial charge in [0.15, 0.2) is 0 Å². The van der Waals surface area contributed by atoms with Crippen LogP contribution in [0.15, 0.2) is 11.3 Å². The van der Waals surface area contributed by atoms with E-state index in [2.05, 4.69) is 0 Å². The highest BCUT2D eigenvalue weighted by Crippen LogP contribution is 2.07. The third kappa shape index (κ3) is 2.09. The zero-order chi connectivity index (χ0) is 8.31. The molecule has 0 unspecified atom stereocenters. The fourth-order valence-electron chi connectivity index (χ4n) is 0.575. The summed E-state index contributed by atoms with van der Waals surface area (Å²) in [4.78, 5) is 10.5. The molecule has 0 heterocycles. The van der Waals surface area contributed by atoms with Gasteiger partial charge in [0, 0.05) is 11.3 Å². The Balaban J connectivity index is 4.50. The highest BCUT2D eigenvalue weighted by molar-refractivity contribution is 5.91. The number of carbonyl (C=O) groups is 1. The summed E-state index contributed by atoms with van der Waals surface area (Å²) in [5.74, 6) is -0.251. The van der Waals surface area contributed by atoms with Gasteiger partial charge in [0.2, 0.25) is 5.91 Å². The monoisotopic (exact) mass is 142 g/mol. The van der Waals surface area contributed by atoms with E-state index in [0.717, 1.165) is 0 Å². The predicted octanol–water partition coefficient (Wildman–Crippen LogP) is 0.360. The van der Waals surface area contributed by atoms with Crippen LogP contribution in [-0.2, 0) is 4.79 Å². The molecule has 3 heteroatoms. The highest BCUT2D eigenvalue weighted by Gasteiger charge is 2.06. The quantitative estimate of drug-likeness (QED) is 0.546. The van der Waals surface area contributed by atoms with Crippen LogP contribution in [0.25, 0.3) is 0 Å². The van der Waals surface area contributed by atoms with Crippen LogP contribution in [0, 0.1) is 5.92 Å². The Morgan fingerprint density at radius 1 is 1.30 bits per heavy atom. The molecule has 0 aromatic carbocycles. The summed E-state index contributed by atoms with van der Waals surface area (Å²) < 4.78 is 0. The van der Waals surface area contributed by atoms with E-state index in [4.69, 9.17) is 11.5 Å². The summed E-state index contributed by atoms with van der Waals surface area (Å²) in [5, 5.41) is 0. The molecular formula is C7H14N2O. The molecule has 4 N–H and O–H groups in total. The molecule has 0 bridgehead atoms. The van der Waals surface area contributed by atoms with E-state index >= 15 is 0 Å². The molecule has 10 heavy (non-hydrogen) atoms. The number of hydrogen-bond acceptors (Lipinski definition) is 2. The number of nitrogens with two attached hydrogens (primary N) is 2. The number of primary amides is 1. The molecule has 0 atom stereocenters. The fraction of sp³-hybridized carbons (Fsp3) is 0.571. The summed E-state index contributed by atoms with van der Waals surface area (Å²) in [6.07, 6.45) is 0. The number of hydrogen-bond donors (Lipinski definition) is 2. The van der Waals surface area contributed by atoms with Crippen LogP contribution in [0.4, 0.5) is 0 Å². The van der Waals surface area contributed by atoms with E-state index in [1.807, 2.05) is 13.8 Å². The Morgan fingerprint density at radius 3 is 1.80 bits per heavy atom. The number of rotatable bonds is 2. The van der Waals surface area contributed by atoms with Crippen LogP contribution in [0.1, 0.15) is 20.8 Å². The molecule has 0 aromatic rings. The average molecular weight is 142 g/mol. The van der Waals surface area contributed by atoms with E-state index in [1.165, 1.54) is 0 Å². The van der Waals surface area contributed by atoms with Crippen molar-refractivity contribution < 1.29 is 4.79 Å². The molecular weight excluding hydrogens is 128 g/mol. The van der Waals surface area contributed by atoms with Gasteiger partial charge in [0.25, 0.3) is 0 Å². The largest absolute Gasteiger partial charge is 0.401 e. The summed E-state index contributed by atoms with van der Waals surface area (Å²) >= 11 is 0. The molecule has 0 aliphatic rings. The Labute approximate surface area is 61.1 Å². The summed E-state index contributed by atoms with van der Waals surface area (Å²) in [6.45, 7) is 5.47. The van der Waals surface area contributed by atoms with Crippen LogP contribution in [-0.4, -0.2) is 5.91 Å². The Bertz CT molecular complexity index is 170. The maximum absolute atomic E-state index is 10.5. The lowest BCUT2D eigenvalue weighted by atomic mass is 10.1. The topological polar surface area (TPSA) is 69.1 Å². The van der Waals surface area contributed by atoms with Crippen molar-refractivity contribution in [1.82, 2.24) is 0 Å². The first-order valence-corrected chi connectivity index (χ1v) is 3.22. The molecule has 3 nitrogen and oxygen atoms in total. The highest BCUT2D eigenvalue weighted by atomic mass is 16.1. The molecule has 1 amide bonds. The zero-order valence-corrected chi connectivity index (χ0v) is 6.64. The van der Waals surface area contributed by atoms with E-state index in [9.17, 15) is 4.79 Å². The second-order valence-corrected chi connectivity index (χ2v) is 2.60. The Kier molecular flexibility index (Phi) is 2.93. The molecule has 0 saturated heterocycles. The molecule has 0 aliphatic heterocycles. The van der Waals surface area contributed by atoms with E-state index in [-0.39, 0.29) is 5.92 Å². The second kappa shape index (κ2) is 3.25. The first kappa shape index (κ1) is 9.01. The molecule has 0 rings (SSSR count). The van der Waals surface area contributed by atoms with Crippen LogP contribution in [0.2, 0.25) is 0 Å². The van der Waals surface area contributed by atoms with Crippen molar-refractivity contribution in [2.24, 2.45) is 17.4 Å². The average Bonchev–Trinajstić information content (AvgIpc) is 1.84. The van der Waals surface area contributed by atoms with Gasteiger partial charge in [0.05, 0.1) is 0 Å². The van der Waals surface area contributed by atoms with E-state index in [0.29, 0.717) is 11.3 Å². The van der Waals surface area contributed by atoms with Gasteiger partial charge >= 0.3 is 0 Å². The maximum atomic E-state index is 10.5. The van der Waals surface area contributed by atoms with Crippen LogP contribution in [0.3, 0.4) is 0 Å². The van der Waals surface area contributed by atoms with Gasteiger partial charge in [-0.1, -0.05) is 13.8 Å². The third-order valence-corrected chi connectivity index (χ3v) is 1.42. The van der Waals surface area contributed by atoms with Crippen LogP contribution < -0.4 is 11.5 Å². The number of carbonyl (C=O) groups excluding carboxylic acids is 1. The second-order valence-electron chi connectivity index (χ2n) is 2.60. The van der Waals surface area contributed by atoms with Gasteiger partial charge in [0.1, 0.15) is 0 Å². The lowest BCUT2D eigenvalue weighted by molar-refractivity contribution is -0.114. The lowest BCUT2D eigenvalue weighted by Gasteiger charge is -2.07. The number of allylic oxidation sites excluding steroid dienone is 1. The predicted molar refractivity (Wildman–Crippen MR) is 40.9 cm³/mol. The number of amides is 1. The van der Waals surface area contributed by atoms with Crippen molar-refractivity contribution in [3.63, 3.8) is 0 Å². The van der Waals surface area contributed by atoms with Gasteiger partial charge in [-0.05, 0) is 12.8 Å². The van der Waals surface area contributed by atoms with E-state index in [1.54, 1.807) is 6.92 Å². The molecule has 0 spiro atoms. The molecule has 0 fully saturated rings. The zero-order valence-electron chi connectivity index (χ0n) is 6.64. The van der Waals surface area contributed by atoms with Gasteiger partial charge in [-0.3, -0.25) is 4.79 Å². The first-order chi connectivity index (χ1) is 4.46. The standard InChI is InChI=1S/C7H14N2O/c1-4(2)6(8)5(3)7(9)10/h4H,8H2,1-3H3,(H2,9,10)/b6-5+. The minimum absolute atomic E-state index is 0.187. The summed E-state index contributed by atoms with van der Waals surface area (Å²) in [5.41, 5.74) is 11.6. The normalized spacial score (nSPS) is 13.2. The summed E-state index contributed by atoms with van der Waals surface area (Å²) in [7, 11) is 0. The van der Waals surface area contributed by atoms with Crippen molar-refractivity contribution in [2.75, 3.05) is 0 Å². The maximum Gasteiger partial charge on any atom is 0.246 e.